The normalized spacial score (nSPS) is 11.9. The van der Waals surface area contributed by atoms with Crippen molar-refractivity contribution in [2.45, 2.75) is 25.7 Å². The van der Waals surface area contributed by atoms with Crippen molar-refractivity contribution in [3.63, 3.8) is 0 Å². The highest BCUT2D eigenvalue weighted by molar-refractivity contribution is 5.91. The van der Waals surface area contributed by atoms with Crippen molar-refractivity contribution in [2.24, 2.45) is 0 Å². The van der Waals surface area contributed by atoms with Gasteiger partial charge in [-0.05, 0) is 55.9 Å². The maximum atomic E-state index is 5.92. The molecule has 4 aromatic rings. The number of benzene rings is 2. The second kappa shape index (κ2) is 8.96. The summed E-state index contributed by atoms with van der Waals surface area (Å²) >= 11 is 0. The third-order valence-electron chi connectivity index (χ3n) is 5.82. The Labute approximate surface area is 189 Å². The van der Waals surface area contributed by atoms with Crippen LogP contribution in [0.1, 0.15) is 25.0 Å². The Morgan fingerprint density at radius 2 is 1.88 bits per heavy atom. The standard InChI is InChI=1S/C25H31N7/c1-25(2,19-7-5-6-17(14-19)12-13-32(3)4)16-27-23-11-10-21(28-30-23)18-8-9-22-20(15-18)24(26)31-29-22/h5-11,14-15H,12-13,16H2,1-4H3,(H,27,30)(H3,26,29,31). The van der Waals surface area contributed by atoms with Gasteiger partial charge in [0.2, 0.25) is 0 Å². The zero-order valence-corrected chi connectivity index (χ0v) is 19.2. The van der Waals surface area contributed by atoms with E-state index in [1.807, 2.05) is 30.3 Å². The van der Waals surface area contributed by atoms with E-state index < -0.39 is 0 Å². The number of H-pyrrole nitrogens is 1. The van der Waals surface area contributed by atoms with Crippen molar-refractivity contribution in [3.8, 4) is 11.3 Å². The highest BCUT2D eigenvalue weighted by atomic mass is 15.2. The van der Waals surface area contributed by atoms with Crippen LogP contribution in [0.15, 0.2) is 54.6 Å². The molecule has 0 atom stereocenters. The molecule has 2 heterocycles. The monoisotopic (exact) mass is 429 g/mol. The molecule has 0 radical (unpaired) electrons. The van der Waals surface area contributed by atoms with Crippen molar-refractivity contribution in [1.82, 2.24) is 25.3 Å². The molecule has 7 nitrogen and oxygen atoms in total. The Balaban J connectivity index is 1.43. The molecule has 0 saturated carbocycles. The Morgan fingerprint density at radius 1 is 1.03 bits per heavy atom. The molecule has 32 heavy (non-hydrogen) atoms. The minimum absolute atomic E-state index is 0.0433. The molecule has 0 saturated heterocycles. The largest absolute Gasteiger partial charge is 0.382 e. The lowest BCUT2D eigenvalue weighted by atomic mass is 9.83. The summed E-state index contributed by atoms with van der Waals surface area (Å²) in [6, 6.07) is 18.7. The minimum Gasteiger partial charge on any atom is -0.382 e. The van der Waals surface area contributed by atoms with Crippen LogP contribution in [-0.2, 0) is 11.8 Å². The first-order valence-corrected chi connectivity index (χ1v) is 10.9. The summed E-state index contributed by atoms with van der Waals surface area (Å²) in [6.45, 7) is 6.30. The minimum atomic E-state index is -0.0433. The summed E-state index contributed by atoms with van der Waals surface area (Å²) in [5.41, 5.74) is 11.2. The number of anilines is 2. The van der Waals surface area contributed by atoms with Crippen LogP contribution in [0.4, 0.5) is 11.6 Å². The third kappa shape index (κ3) is 4.89. The highest BCUT2D eigenvalue weighted by Crippen LogP contribution is 2.27. The summed E-state index contributed by atoms with van der Waals surface area (Å²) in [4.78, 5) is 2.21. The van der Waals surface area contributed by atoms with Gasteiger partial charge in [0.15, 0.2) is 5.82 Å². The van der Waals surface area contributed by atoms with E-state index in [-0.39, 0.29) is 5.41 Å². The fraction of sp³-hybridized carbons (Fsp3) is 0.320. The molecule has 0 amide bonds. The number of hydrogen-bond acceptors (Lipinski definition) is 6. The highest BCUT2D eigenvalue weighted by Gasteiger charge is 2.21. The first kappa shape index (κ1) is 21.8. The lowest BCUT2D eigenvalue weighted by Gasteiger charge is -2.26. The summed E-state index contributed by atoms with van der Waals surface area (Å²) in [5.74, 6) is 1.25. The van der Waals surface area contributed by atoms with Crippen molar-refractivity contribution in [1.29, 1.82) is 0 Å². The van der Waals surface area contributed by atoms with Crippen molar-refractivity contribution >= 4 is 22.5 Å². The number of nitrogens with two attached hydrogens (primary N) is 1. The number of nitrogens with zero attached hydrogens (tertiary/aromatic N) is 4. The van der Waals surface area contributed by atoms with Gasteiger partial charge in [-0.2, -0.15) is 5.10 Å². The van der Waals surface area contributed by atoms with Crippen molar-refractivity contribution in [2.75, 3.05) is 38.2 Å². The fourth-order valence-electron chi connectivity index (χ4n) is 3.69. The molecule has 2 aromatic heterocycles. The van der Waals surface area contributed by atoms with E-state index in [2.05, 4.69) is 82.8 Å². The second-order valence-corrected chi connectivity index (χ2v) is 9.16. The quantitative estimate of drug-likeness (QED) is 0.390. The van der Waals surface area contributed by atoms with Gasteiger partial charge >= 0.3 is 0 Å². The number of aromatic amines is 1. The van der Waals surface area contributed by atoms with Gasteiger partial charge in [0.1, 0.15) is 5.82 Å². The van der Waals surface area contributed by atoms with Gasteiger partial charge in [-0.25, -0.2) is 0 Å². The smallest absolute Gasteiger partial charge is 0.153 e. The summed E-state index contributed by atoms with van der Waals surface area (Å²) in [5, 5.41) is 20.1. The Hall–Kier alpha value is -3.45. The van der Waals surface area contributed by atoms with Gasteiger partial charge in [-0.1, -0.05) is 44.2 Å². The molecule has 166 valence electrons. The molecule has 0 spiro atoms. The molecule has 0 aliphatic heterocycles. The molecule has 0 aliphatic carbocycles. The zero-order valence-electron chi connectivity index (χ0n) is 19.2. The Kier molecular flexibility index (Phi) is 6.10. The number of hydrogen-bond donors (Lipinski definition) is 3. The first-order valence-electron chi connectivity index (χ1n) is 10.9. The summed E-state index contributed by atoms with van der Waals surface area (Å²) < 4.78 is 0. The lowest BCUT2D eigenvalue weighted by Crippen LogP contribution is -2.28. The van der Waals surface area contributed by atoms with E-state index in [4.69, 9.17) is 5.73 Å². The van der Waals surface area contributed by atoms with E-state index >= 15 is 0 Å². The van der Waals surface area contributed by atoms with Crippen molar-refractivity contribution < 1.29 is 0 Å². The average Bonchev–Trinajstić information content (AvgIpc) is 3.17. The maximum absolute atomic E-state index is 5.92. The predicted molar refractivity (Wildman–Crippen MR) is 132 cm³/mol. The lowest BCUT2D eigenvalue weighted by molar-refractivity contribution is 0.413. The molecule has 7 heteroatoms. The van der Waals surface area contributed by atoms with Crippen LogP contribution < -0.4 is 11.1 Å². The van der Waals surface area contributed by atoms with E-state index in [0.717, 1.165) is 47.5 Å². The molecule has 4 rings (SSSR count). The Morgan fingerprint density at radius 3 is 2.62 bits per heavy atom. The first-order chi connectivity index (χ1) is 15.3. The topological polar surface area (TPSA) is 95.8 Å². The van der Waals surface area contributed by atoms with E-state index in [0.29, 0.717) is 5.82 Å². The number of nitrogens with one attached hydrogen (secondary N) is 2. The number of rotatable bonds is 8. The molecular weight excluding hydrogens is 398 g/mol. The Bertz CT molecular complexity index is 1190. The molecule has 4 N–H and O–H groups in total. The number of likely N-dealkylation sites (N-methyl/N-ethyl adjacent to an activating group) is 1. The molecule has 0 unspecified atom stereocenters. The fourth-order valence-corrected chi connectivity index (χ4v) is 3.69. The van der Waals surface area contributed by atoms with Gasteiger partial charge < -0.3 is 16.0 Å². The van der Waals surface area contributed by atoms with Crippen LogP contribution in [0.5, 0.6) is 0 Å². The second-order valence-electron chi connectivity index (χ2n) is 9.16. The van der Waals surface area contributed by atoms with Gasteiger partial charge in [-0.15, -0.1) is 10.2 Å². The van der Waals surface area contributed by atoms with Gasteiger partial charge in [-0.3, -0.25) is 5.10 Å². The van der Waals surface area contributed by atoms with E-state index in [9.17, 15) is 0 Å². The zero-order chi connectivity index (χ0) is 22.7. The molecule has 2 aromatic carbocycles. The van der Waals surface area contributed by atoms with E-state index in [1.165, 1.54) is 11.1 Å². The number of fused-ring (bicyclic) bond motifs is 1. The number of aromatic nitrogens is 4. The SMILES string of the molecule is CN(C)CCc1cccc(C(C)(C)CNc2ccc(-c3ccc4[nH]nc(N)c4c3)nn2)c1. The summed E-state index contributed by atoms with van der Waals surface area (Å²) in [6.07, 6.45) is 1.05. The van der Waals surface area contributed by atoms with Crippen LogP contribution in [0, 0.1) is 0 Å². The van der Waals surface area contributed by atoms with E-state index in [1.54, 1.807) is 0 Å². The molecule has 0 aliphatic rings. The molecular formula is C25H31N7. The average molecular weight is 430 g/mol. The summed E-state index contributed by atoms with van der Waals surface area (Å²) in [7, 11) is 4.21. The predicted octanol–water partition coefficient (Wildman–Crippen LogP) is 4.10. The number of nitrogen functional groups attached to an aromatic ring is 1. The molecule has 0 bridgehead atoms. The van der Waals surface area contributed by atoms with Crippen LogP contribution in [-0.4, -0.2) is 52.5 Å². The van der Waals surface area contributed by atoms with Gasteiger partial charge in [0.25, 0.3) is 0 Å². The van der Waals surface area contributed by atoms with Gasteiger partial charge in [0, 0.05) is 29.5 Å². The van der Waals surface area contributed by atoms with Crippen molar-refractivity contribution in [3.05, 3.63) is 65.7 Å². The van der Waals surface area contributed by atoms with Crippen LogP contribution >= 0.6 is 0 Å². The van der Waals surface area contributed by atoms with Crippen LogP contribution in [0.3, 0.4) is 0 Å². The van der Waals surface area contributed by atoms with Crippen LogP contribution in [0.2, 0.25) is 0 Å². The maximum Gasteiger partial charge on any atom is 0.153 e. The third-order valence-corrected chi connectivity index (χ3v) is 5.82. The molecule has 0 fully saturated rings. The van der Waals surface area contributed by atoms with Gasteiger partial charge in [0.05, 0.1) is 11.2 Å². The van der Waals surface area contributed by atoms with Crippen LogP contribution in [0.25, 0.3) is 22.2 Å².